The summed E-state index contributed by atoms with van der Waals surface area (Å²) in [6.07, 6.45) is 0.855. The zero-order valence-electron chi connectivity index (χ0n) is 8.59. The first-order valence-corrected chi connectivity index (χ1v) is 4.62. The van der Waals surface area contributed by atoms with Crippen molar-refractivity contribution in [3.63, 3.8) is 0 Å². The Kier molecular flexibility index (Phi) is 5.93. The molecule has 0 saturated carbocycles. The van der Waals surface area contributed by atoms with Gasteiger partial charge in [0.05, 0.1) is 0 Å². The van der Waals surface area contributed by atoms with Gasteiger partial charge in [-0.1, -0.05) is 6.92 Å². The highest BCUT2D eigenvalue weighted by atomic mass is 16.2. The molecule has 0 aromatic rings. The van der Waals surface area contributed by atoms with Crippen molar-refractivity contribution in [2.75, 3.05) is 20.1 Å². The molecule has 0 aliphatic carbocycles. The molecular formula is C9H18N2O2. The van der Waals surface area contributed by atoms with Crippen LogP contribution < -0.4 is 5.32 Å². The van der Waals surface area contributed by atoms with Gasteiger partial charge in [-0.3, -0.25) is 9.59 Å². The maximum Gasteiger partial charge on any atom is 0.224 e. The summed E-state index contributed by atoms with van der Waals surface area (Å²) >= 11 is 0. The van der Waals surface area contributed by atoms with Crippen molar-refractivity contribution in [2.45, 2.75) is 26.7 Å². The molecule has 4 nitrogen and oxygen atoms in total. The van der Waals surface area contributed by atoms with E-state index in [1.54, 1.807) is 18.9 Å². The van der Waals surface area contributed by atoms with Crippen LogP contribution in [0.2, 0.25) is 0 Å². The molecule has 0 aliphatic heterocycles. The molecule has 0 fully saturated rings. The fourth-order valence-corrected chi connectivity index (χ4v) is 0.801. The lowest BCUT2D eigenvalue weighted by molar-refractivity contribution is -0.129. The third-order valence-electron chi connectivity index (χ3n) is 1.88. The minimum absolute atomic E-state index is 0.00745. The van der Waals surface area contributed by atoms with E-state index in [0.29, 0.717) is 25.9 Å². The second-order valence-corrected chi connectivity index (χ2v) is 2.86. The van der Waals surface area contributed by atoms with Crippen LogP contribution in [0.25, 0.3) is 0 Å². The Bertz CT molecular complexity index is 180. The number of carbonyl (C=O) groups is 2. The number of carbonyl (C=O) groups excluding carboxylic acids is 2. The lowest BCUT2D eigenvalue weighted by Gasteiger charge is -2.14. The van der Waals surface area contributed by atoms with Gasteiger partial charge in [0.15, 0.2) is 0 Å². The summed E-state index contributed by atoms with van der Waals surface area (Å²) in [6, 6.07) is 0. The zero-order chi connectivity index (χ0) is 10.3. The normalized spacial score (nSPS) is 9.46. The minimum atomic E-state index is -0.00745. The molecule has 4 heteroatoms. The first-order valence-electron chi connectivity index (χ1n) is 4.62. The Hall–Kier alpha value is -1.06. The molecule has 2 amide bonds. The van der Waals surface area contributed by atoms with Crippen molar-refractivity contribution in [1.29, 1.82) is 0 Å². The Labute approximate surface area is 79.3 Å². The van der Waals surface area contributed by atoms with Crippen molar-refractivity contribution < 1.29 is 9.59 Å². The van der Waals surface area contributed by atoms with E-state index in [9.17, 15) is 9.59 Å². The maximum atomic E-state index is 11.2. The molecule has 76 valence electrons. The SMILES string of the molecule is CCC(=O)NCCC(=O)N(C)CC. The summed E-state index contributed by atoms with van der Waals surface area (Å²) in [6.45, 7) is 4.86. The van der Waals surface area contributed by atoms with Crippen LogP contribution in [0.1, 0.15) is 26.7 Å². The third kappa shape index (κ3) is 5.22. The van der Waals surface area contributed by atoms with Crippen molar-refractivity contribution in [1.82, 2.24) is 10.2 Å². The topological polar surface area (TPSA) is 49.4 Å². The second kappa shape index (κ2) is 6.46. The van der Waals surface area contributed by atoms with Gasteiger partial charge in [0, 0.05) is 33.0 Å². The first kappa shape index (κ1) is 11.9. The largest absolute Gasteiger partial charge is 0.356 e. The highest BCUT2D eigenvalue weighted by molar-refractivity contribution is 5.78. The Morgan fingerprint density at radius 1 is 1.31 bits per heavy atom. The number of hydrogen-bond acceptors (Lipinski definition) is 2. The summed E-state index contributed by atoms with van der Waals surface area (Å²) in [5.41, 5.74) is 0. The monoisotopic (exact) mass is 186 g/mol. The van der Waals surface area contributed by atoms with Crippen LogP contribution in [-0.2, 0) is 9.59 Å². The average Bonchev–Trinajstić information content (AvgIpc) is 2.15. The molecule has 0 spiro atoms. The van der Waals surface area contributed by atoms with Crippen molar-refractivity contribution in [2.24, 2.45) is 0 Å². The van der Waals surface area contributed by atoms with Gasteiger partial charge in [0.1, 0.15) is 0 Å². The van der Waals surface area contributed by atoms with E-state index in [0.717, 1.165) is 0 Å². The fraction of sp³-hybridized carbons (Fsp3) is 0.778. The van der Waals surface area contributed by atoms with Gasteiger partial charge in [-0.05, 0) is 6.92 Å². The van der Waals surface area contributed by atoms with Crippen LogP contribution in [-0.4, -0.2) is 36.9 Å². The van der Waals surface area contributed by atoms with E-state index in [2.05, 4.69) is 5.32 Å². The lowest BCUT2D eigenvalue weighted by Crippen LogP contribution is -2.31. The standard InChI is InChI=1S/C9H18N2O2/c1-4-8(12)10-7-6-9(13)11(3)5-2/h4-7H2,1-3H3,(H,10,12). The summed E-state index contributed by atoms with van der Waals surface area (Å²) in [5, 5.41) is 2.66. The van der Waals surface area contributed by atoms with Crippen LogP contribution in [0.5, 0.6) is 0 Å². The van der Waals surface area contributed by atoms with Crippen molar-refractivity contribution in [3.05, 3.63) is 0 Å². The quantitative estimate of drug-likeness (QED) is 0.675. The van der Waals surface area contributed by atoms with Gasteiger partial charge in [-0.15, -0.1) is 0 Å². The molecule has 0 saturated heterocycles. The van der Waals surface area contributed by atoms with E-state index in [-0.39, 0.29) is 11.8 Å². The smallest absolute Gasteiger partial charge is 0.224 e. The van der Waals surface area contributed by atoms with E-state index in [1.165, 1.54) is 0 Å². The highest BCUT2D eigenvalue weighted by Gasteiger charge is 2.05. The fourth-order valence-electron chi connectivity index (χ4n) is 0.801. The summed E-state index contributed by atoms with van der Waals surface area (Å²) in [7, 11) is 1.75. The maximum absolute atomic E-state index is 11.2. The third-order valence-corrected chi connectivity index (χ3v) is 1.88. The Morgan fingerprint density at radius 2 is 1.92 bits per heavy atom. The highest BCUT2D eigenvalue weighted by Crippen LogP contribution is 1.88. The predicted molar refractivity (Wildman–Crippen MR) is 51.2 cm³/mol. The lowest BCUT2D eigenvalue weighted by atomic mass is 10.3. The molecule has 0 unspecified atom stereocenters. The summed E-state index contributed by atoms with van der Waals surface area (Å²) in [5.74, 6) is 0.0610. The molecule has 0 aromatic heterocycles. The van der Waals surface area contributed by atoms with E-state index in [4.69, 9.17) is 0 Å². The van der Waals surface area contributed by atoms with Gasteiger partial charge in [-0.2, -0.15) is 0 Å². The van der Waals surface area contributed by atoms with Crippen LogP contribution >= 0.6 is 0 Å². The van der Waals surface area contributed by atoms with Crippen LogP contribution in [0, 0.1) is 0 Å². The summed E-state index contributed by atoms with van der Waals surface area (Å²) < 4.78 is 0. The molecule has 13 heavy (non-hydrogen) atoms. The zero-order valence-corrected chi connectivity index (χ0v) is 8.59. The molecule has 0 aliphatic rings. The predicted octanol–water partition coefficient (Wildman–Crippen LogP) is 0.381. The molecule has 0 heterocycles. The minimum Gasteiger partial charge on any atom is -0.356 e. The molecule has 0 aromatic carbocycles. The van der Waals surface area contributed by atoms with Gasteiger partial charge < -0.3 is 10.2 Å². The van der Waals surface area contributed by atoms with Crippen LogP contribution in [0.4, 0.5) is 0 Å². The molecular weight excluding hydrogens is 168 g/mol. The first-order chi connectivity index (χ1) is 6.11. The Morgan fingerprint density at radius 3 is 2.38 bits per heavy atom. The van der Waals surface area contributed by atoms with E-state index >= 15 is 0 Å². The van der Waals surface area contributed by atoms with Crippen LogP contribution in [0.3, 0.4) is 0 Å². The molecule has 0 radical (unpaired) electrons. The summed E-state index contributed by atoms with van der Waals surface area (Å²) in [4.78, 5) is 23.7. The average molecular weight is 186 g/mol. The molecule has 0 bridgehead atoms. The number of nitrogens with zero attached hydrogens (tertiary/aromatic N) is 1. The van der Waals surface area contributed by atoms with Gasteiger partial charge in [0.2, 0.25) is 11.8 Å². The molecule has 0 rings (SSSR count). The number of nitrogens with one attached hydrogen (secondary N) is 1. The number of hydrogen-bond donors (Lipinski definition) is 1. The van der Waals surface area contributed by atoms with Gasteiger partial charge >= 0.3 is 0 Å². The Balaban J connectivity index is 3.53. The second-order valence-electron chi connectivity index (χ2n) is 2.86. The van der Waals surface area contributed by atoms with E-state index in [1.807, 2.05) is 6.92 Å². The van der Waals surface area contributed by atoms with Crippen LogP contribution in [0.15, 0.2) is 0 Å². The number of amides is 2. The molecule has 1 N–H and O–H groups in total. The van der Waals surface area contributed by atoms with E-state index < -0.39 is 0 Å². The van der Waals surface area contributed by atoms with Gasteiger partial charge in [0.25, 0.3) is 0 Å². The van der Waals surface area contributed by atoms with Gasteiger partial charge in [-0.25, -0.2) is 0 Å². The van der Waals surface area contributed by atoms with Crippen molar-refractivity contribution in [3.8, 4) is 0 Å². The number of rotatable bonds is 5. The van der Waals surface area contributed by atoms with Crippen molar-refractivity contribution >= 4 is 11.8 Å². The molecule has 0 atom stereocenters.